The van der Waals surface area contributed by atoms with Gasteiger partial charge in [-0.2, -0.15) is 4.68 Å². The van der Waals surface area contributed by atoms with Crippen LogP contribution in [0.5, 0.6) is 0 Å². The van der Waals surface area contributed by atoms with Crippen LogP contribution < -0.4 is 16.1 Å². The lowest BCUT2D eigenvalue weighted by molar-refractivity contribution is 0.0817. The number of hydrogen-bond donors (Lipinski definition) is 1. The molecule has 0 bridgehead atoms. The maximum atomic E-state index is 13.9. The lowest BCUT2D eigenvalue weighted by atomic mass is 10.1. The normalized spacial score (nSPS) is 20.1. The monoisotopic (exact) mass is 474 g/mol. The van der Waals surface area contributed by atoms with Crippen molar-refractivity contribution in [2.24, 2.45) is 5.92 Å². The Kier molecular flexibility index (Phi) is 5.36. The molecule has 2 aliphatic heterocycles. The van der Waals surface area contributed by atoms with Crippen LogP contribution >= 0.6 is 11.3 Å². The molecular weight excluding hydrogens is 448 g/mol. The molecule has 6 rings (SSSR count). The Labute approximate surface area is 200 Å². The predicted molar refractivity (Wildman–Crippen MR) is 133 cm³/mol. The van der Waals surface area contributed by atoms with Crippen molar-refractivity contribution in [2.45, 2.75) is 26.1 Å². The van der Waals surface area contributed by atoms with E-state index >= 15 is 0 Å². The second-order valence-electron chi connectivity index (χ2n) is 8.93. The minimum Gasteiger partial charge on any atom is -0.381 e. The molecule has 2 aromatic carbocycles. The first-order valence-electron chi connectivity index (χ1n) is 11.6. The summed E-state index contributed by atoms with van der Waals surface area (Å²) in [5.74, 6) is 0.345. The topological polar surface area (TPSA) is 72.5 Å². The van der Waals surface area contributed by atoms with Crippen molar-refractivity contribution in [1.29, 1.82) is 0 Å². The molecule has 0 saturated carbocycles. The standard InChI is InChI=1S/C26H26N4O3S/c1-17-24-21(13-23(31)28(17)14-19-11-12-33-16-19)29(15-18-7-3-2-4-8-18)30(25(24)32)26-27-20-9-5-6-10-22(20)34-26/h2-10,13,19,23,31H,11-12,14-16H2,1H3. The zero-order chi connectivity index (χ0) is 23.2. The van der Waals surface area contributed by atoms with Gasteiger partial charge in [-0.05, 0) is 37.1 Å². The fourth-order valence-electron chi connectivity index (χ4n) is 4.95. The zero-order valence-corrected chi connectivity index (χ0v) is 19.7. The molecule has 0 amide bonds. The second kappa shape index (κ2) is 8.54. The Bertz CT molecular complexity index is 1500. The quantitative estimate of drug-likeness (QED) is 0.478. The van der Waals surface area contributed by atoms with Gasteiger partial charge in [-0.1, -0.05) is 53.8 Å². The highest BCUT2D eigenvalue weighted by molar-refractivity contribution is 7.20. The van der Waals surface area contributed by atoms with Crippen LogP contribution in [0, 0.1) is 5.92 Å². The van der Waals surface area contributed by atoms with Gasteiger partial charge in [0, 0.05) is 24.8 Å². The molecule has 4 aromatic rings. The molecule has 8 heteroatoms. The number of aromatic nitrogens is 3. The van der Waals surface area contributed by atoms with Gasteiger partial charge in [0.1, 0.15) is 6.23 Å². The molecule has 4 heterocycles. The van der Waals surface area contributed by atoms with E-state index in [0.29, 0.717) is 36.0 Å². The van der Waals surface area contributed by atoms with Gasteiger partial charge in [0.25, 0.3) is 5.56 Å². The summed E-state index contributed by atoms with van der Waals surface area (Å²) >= 11 is 1.50. The van der Waals surface area contributed by atoms with Crippen molar-refractivity contribution in [1.82, 2.24) is 19.2 Å². The highest BCUT2D eigenvalue weighted by atomic mass is 32.1. The van der Waals surface area contributed by atoms with Gasteiger partial charge in [0.15, 0.2) is 0 Å². The van der Waals surface area contributed by atoms with Crippen molar-refractivity contribution in [2.75, 3.05) is 19.8 Å². The lowest BCUT2D eigenvalue weighted by Gasteiger charge is -2.32. The van der Waals surface area contributed by atoms with Gasteiger partial charge >= 0.3 is 0 Å². The number of benzene rings is 2. The van der Waals surface area contributed by atoms with Crippen molar-refractivity contribution in [3.8, 4) is 5.13 Å². The molecule has 0 radical (unpaired) electrons. The third-order valence-corrected chi connectivity index (χ3v) is 7.73. The maximum Gasteiger partial charge on any atom is 0.283 e. The number of nitrogens with zero attached hydrogens (tertiary/aromatic N) is 4. The van der Waals surface area contributed by atoms with Gasteiger partial charge in [-0.3, -0.25) is 9.48 Å². The van der Waals surface area contributed by atoms with E-state index in [9.17, 15) is 9.90 Å². The molecule has 7 nitrogen and oxygen atoms in total. The van der Waals surface area contributed by atoms with Crippen molar-refractivity contribution in [3.63, 3.8) is 0 Å². The largest absolute Gasteiger partial charge is 0.381 e. The van der Waals surface area contributed by atoms with E-state index in [1.54, 1.807) is 10.8 Å². The Morgan fingerprint density at radius 2 is 1.94 bits per heavy atom. The van der Waals surface area contributed by atoms with Gasteiger partial charge < -0.3 is 14.7 Å². The van der Waals surface area contributed by atoms with Gasteiger partial charge in [0.2, 0.25) is 5.13 Å². The summed E-state index contributed by atoms with van der Waals surface area (Å²) in [5.41, 5.74) is 2.62. The van der Waals surface area contributed by atoms with E-state index in [1.807, 2.05) is 71.1 Å². The van der Waals surface area contributed by atoms with E-state index in [0.717, 1.165) is 39.9 Å². The molecule has 2 aliphatic rings. The molecule has 2 atom stereocenters. The summed E-state index contributed by atoms with van der Waals surface area (Å²) in [6, 6.07) is 18.0. The maximum absolute atomic E-state index is 13.9. The van der Waals surface area contributed by atoms with Crippen molar-refractivity contribution >= 4 is 33.3 Å². The van der Waals surface area contributed by atoms with Crippen LogP contribution in [0.1, 0.15) is 18.9 Å². The number of ether oxygens (including phenoxy) is 1. The average molecular weight is 475 g/mol. The first-order chi connectivity index (χ1) is 16.6. The van der Waals surface area contributed by atoms with Crippen LogP contribution in [0.15, 0.2) is 59.4 Å². The number of para-hydroxylation sites is 1. The van der Waals surface area contributed by atoms with Gasteiger partial charge in [-0.15, -0.1) is 0 Å². The molecular formula is C26H26N4O3S. The third kappa shape index (κ3) is 3.58. The molecule has 1 fully saturated rings. The van der Waals surface area contributed by atoms with Gasteiger partial charge in [-0.25, -0.2) is 4.98 Å². The summed E-state index contributed by atoms with van der Waals surface area (Å²) in [6.07, 6.45) is 1.96. The Hall–Kier alpha value is -3.20. The van der Waals surface area contributed by atoms with Gasteiger partial charge in [0.05, 0.1) is 33.9 Å². The Morgan fingerprint density at radius 3 is 2.71 bits per heavy atom. The Morgan fingerprint density at radius 1 is 1.15 bits per heavy atom. The molecule has 1 saturated heterocycles. The highest BCUT2D eigenvalue weighted by Gasteiger charge is 2.28. The molecule has 0 aliphatic carbocycles. The number of aliphatic hydroxyl groups excluding tert-OH is 1. The number of thiazole rings is 1. The first kappa shape index (κ1) is 21.3. The van der Waals surface area contributed by atoms with Crippen LogP contribution in [0.3, 0.4) is 0 Å². The van der Waals surface area contributed by atoms with E-state index in [4.69, 9.17) is 9.72 Å². The van der Waals surface area contributed by atoms with Crippen LogP contribution in [0.2, 0.25) is 0 Å². The number of hydrogen-bond acceptors (Lipinski definition) is 6. The molecule has 34 heavy (non-hydrogen) atoms. The molecule has 1 N–H and O–H groups in total. The predicted octanol–water partition coefficient (Wildman–Crippen LogP) is 1.88. The third-order valence-electron chi connectivity index (χ3n) is 6.72. The fraction of sp³-hybridized carbons (Fsp3) is 0.308. The minimum absolute atomic E-state index is 0.113. The summed E-state index contributed by atoms with van der Waals surface area (Å²) in [7, 11) is 0. The fourth-order valence-corrected chi connectivity index (χ4v) is 5.92. The number of aliphatic hydroxyl groups is 1. The first-order valence-corrected chi connectivity index (χ1v) is 12.4. The van der Waals surface area contributed by atoms with Crippen molar-refractivity contribution < 1.29 is 9.84 Å². The SMILES string of the molecule is CC1=c2c(n(Cc3ccccc3)n(-c3nc4ccccc4s3)c2=O)=CC(O)N1CC1CCOC1. The lowest BCUT2D eigenvalue weighted by Crippen LogP contribution is -2.50. The summed E-state index contributed by atoms with van der Waals surface area (Å²) < 4.78 is 10.2. The zero-order valence-electron chi connectivity index (χ0n) is 18.9. The highest BCUT2D eigenvalue weighted by Crippen LogP contribution is 2.24. The van der Waals surface area contributed by atoms with Crippen LogP contribution in [-0.4, -0.2) is 50.3 Å². The summed E-state index contributed by atoms with van der Waals surface area (Å²) in [5, 5.41) is 13.1. The summed E-state index contributed by atoms with van der Waals surface area (Å²) in [4.78, 5) is 20.6. The van der Waals surface area contributed by atoms with Crippen LogP contribution in [-0.2, 0) is 11.3 Å². The number of fused-ring (bicyclic) bond motifs is 2. The minimum atomic E-state index is -0.805. The molecule has 2 unspecified atom stereocenters. The summed E-state index contributed by atoms with van der Waals surface area (Å²) in [6.45, 7) is 4.53. The van der Waals surface area contributed by atoms with Crippen LogP contribution in [0.4, 0.5) is 0 Å². The molecule has 174 valence electrons. The Balaban J connectivity index is 1.57. The average Bonchev–Trinajstić information content (AvgIpc) is 3.56. The van der Waals surface area contributed by atoms with Crippen LogP contribution in [0.25, 0.3) is 27.1 Å². The van der Waals surface area contributed by atoms with E-state index in [1.165, 1.54) is 11.3 Å². The molecule has 2 aromatic heterocycles. The second-order valence-corrected chi connectivity index (χ2v) is 9.94. The molecule has 0 spiro atoms. The number of rotatable bonds is 5. The van der Waals surface area contributed by atoms with E-state index in [2.05, 4.69) is 0 Å². The smallest absolute Gasteiger partial charge is 0.283 e. The van der Waals surface area contributed by atoms with E-state index in [-0.39, 0.29) is 5.56 Å². The van der Waals surface area contributed by atoms with Crippen molar-refractivity contribution in [3.05, 3.63) is 81.1 Å². The van der Waals surface area contributed by atoms with E-state index < -0.39 is 6.23 Å².